The van der Waals surface area contributed by atoms with Crippen LogP contribution in [0.1, 0.15) is 83.3 Å². The highest BCUT2D eigenvalue weighted by Gasteiger charge is 2.46. The van der Waals surface area contributed by atoms with Crippen molar-refractivity contribution in [3.63, 3.8) is 0 Å². The summed E-state index contributed by atoms with van der Waals surface area (Å²) in [5.74, 6) is -2.45. The molecule has 0 bridgehead atoms. The van der Waals surface area contributed by atoms with Crippen molar-refractivity contribution in [3.05, 3.63) is 52.5 Å². The van der Waals surface area contributed by atoms with Gasteiger partial charge in [0.25, 0.3) is 5.91 Å². The molecule has 54 heavy (non-hydrogen) atoms. The highest BCUT2D eigenvalue weighted by atomic mass is 32.1. The van der Waals surface area contributed by atoms with E-state index < -0.39 is 41.8 Å². The minimum absolute atomic E-state index is 0.00218. The molecule has 300 valence electrons. The summed E-state index contributed by atoms with van der Waals surface area (Å²) >= 11 is 1.49. The number of methoxy groups -OCH3 is 2. The van der Waals surface area contributed by atoms with Gasteiger partial charge in [-0.1, -0.05) is 71.4 Å². The number of amides is 4. The molecular formula is C40H61FN6O6S. The number of likely N-dealkylation sites (tertiary alicyclic amines) is 1. The predicted octanol–water partition coefficient (Wildman–Crippen LogP) is 4.31. The molecule has 4 amide bonds. The van der Waals surface area contributed by atoms with Crippen molar-refractivity contribution >= 4 is 35.0 Å². The summed E-state index contributed by atoms with van der Waals surface area (Å²) in [6.45, 7) is 10.3. The van der Waals surface area contributed by atoms with Crippen molar-refractivity contribution < 1.29 is 33.0 Å². The van der Waals surface area contributed by atoms with E-state index in [0.717, 1.165) is 17.0 Å². The van der Waals surface area contributed by atoms with Gasteiger partial charge in [0.05, 0.1) is 42.7 Å². The number of aromatic nitrogens is 1. The van der Waals surface area contributed by atoms with Gasteiger partial charge in [-0.2, -0.15) is 0 Å². The maximum Gasteiger partial charge on any atom is 0.259 e. The number of alkyl halides is 1. The Morgan fingerprint density at radius 2 is 1.83 bits per heavy atom. The summed E-state index contributed by atoms with van der Waals surface area (Å²) in [6.07, 6.45) is 3.26. The fourth-order valence-electron chi connectivity index (χ4n) is 7.92. The molecule has 1 aromatic heterocycles. The molecule has 9 atom stereocenters. The number of likely N-dealkylation sites (N-methyl/N-ethyl adjacent to an activating group) is 1. The standard InChI is InChI=1S/C40H61FN6O6S/c1-9-26(4)34(46(6)38(50)33(25(2)3)45-39(51)40(41)17-18-42-24-40)31(52-7)23-32(48)47-20-13-16-30(47)35(53-8)27(5)36(49)44-29(37-43-19-21-54-37)22-28-14-11-10-12-15-28/h10-12,14-15,19,21,25-27,29-31,33-35,42H,9,13,16-18,20,22-24H2,1-8H3,(H,44,49)(H,45,51)/t26-,27+,29-,30-,31+,33-,34?,35+,40+/m0/s1. The summed E-state index contributed by atoms with van der Waals surface area (Å²) in [4.78, 5) is 63.1. The number of carbonyl (C=O) groups is 4. The monoisotopic (exact) mass is 772 g/mol. The van der Waals surface area contributed by atoms with Crippen LogP contribution < -0.4 is 16.0 Å². The molecule has 14 heteroatoms. The number of rotatable bonds is 19. The van der Waals surface area contributed by atoms with Gasteiger partial charge in [0.2, 0.25) is 23.4 Å². The number of thiazole rings is 1. The van der Waals surface area contributed by atoms with Gasteiger partial charge in [0.1, 0.15) is 11.0 Å². The zero-order valence-corrected chi connectivity index (χ0v) is 34.0. The first-order chi connectivity index (χ1) is 25.8. The summed E-state index contributed by atoms with van der Waals surface area (Å²) in [7, 11) is 4.77. The van der Waals surface area contributed by atoms with Crippen LogP contribution in [0.4, 0.5) is 4.39 Å². The van der Waals surface area contributed by atoms with Crippen molar-refractivity contribution in [2.75, 3.05) is 40.9 Å². The SMILES string of the molecule is CC[C@H](C)C([C@@H](CC(=O)N1CCC[C@H]1[C@H](OC)[C@@H](C)C(=O)N[C@@H](Cc1ccccc1)c1nccs1)OC)N(C)C(=O)[C@@H](NC(=O)[C@@]1(F)CCNC1)C(C)C. The van der Waals surface area contributed by atoms with Crippen LogP contribution in [0, 0.1) is 17.8 Å². The second-order valence-electron chi connectivity index (χ2n) is 15.3. The molecule has 2 aromatic rings. The Hall–Kier alpha value is -3.46. The number of ether oxygens (including phenoxy) is 2. The lowest BCUT2D eigenvalue weighted by atomic mass is 9.89. The molecule has 3 N–H and O–H groups in total. The second kappa shape index (κ2) is 19.9. The average molecular weight is 773 g/mol. The number of halogens is 1. The first-order valence-corrected chi connectivity index (χ1v) is 20.2. The highest BCUT2D eigenvalue weighted by Crippen LogP contribution is 2.31. The number of benzene rings is 1. The molecule has 0 spiro atoms. The first-order valence-electron chi connectivity index (χ1n) is 19.3. The topological polar surface area (TPSA) is 142 Å². The van der Waals surface area contributed by atoms with Crippen molar-refractivity contribution in [2.45, 2.75) is 115 Å². The summed E-state index contributed by atoms with van der Waals surface area (Å²) < 4.78 is 27.3. The van der Waals surface area contributed by atoms with E-state index in [0.29, 0.717) is 32.4 Å². The van der Waals surface area contributed by atoms with Gasteiger partial charge < -0.3 is 35.2 Å². The van der Waals surface area contributed by atoms with Crippen LogP contribution in [0.5, 0.6) is 0 Å². The summed E-state index contributed by atoms with van der Waals surface area (Å²) in [5, 5.41) is 11.5. The molecule has 0 aliphatic carbocycles. The van der Waals surface area contributed by atoms with Crippen molar-refractivity contribution in [1.29, 1.82) is 0 Å². The largest absolute Gasteiger partial charge is 0.379 e. The van der Waals surface area contributed by atoms with E-state index in [1.165, 1.54) is 18.4 Å². The Kier molecular flexibility index (Phi) is 16.0. The van der Waals surface area contributed by atoms with Crippen LogP contribution >= 0.6 is 11.3 Å². The third kappa shape index (κ3) is 10.4. The van der Waals surface area contributed by atoms with Crippen LogP contribution in [0.15, 0.2) is 41.9 Å². The highest BCUT2D eigenvalue weighted by molar-refractivity contribution is 7.09. The molecule has 2 aliphatic heterocycles. The predicted molar refractivity (Wildman–Crippen MR) is 207 cm³/mol. The minimum atomic E-state index is -2.07. The Morgan fingerprint density at radius 1 is 1.11 bits per heavy atom. The number of carbonyl (C=O) groups excluding carboxylic acids is 4. The van der Waals surface area contributed by atoms with E-state index in [4.69, 9.17) is 9.47 Å². The van der Waals surface area contributed by atoms with E-state index >= 15 is 4.39 Å². The van der Waals surface area contributed by atoms with Crippen molar-refractivity contribution in [1.82, 2.24) is 30.7 Å². The molecule has 2 saturated heterocycles. The second-order valence-corrected chi connectivity index (χ2v) is 16.2. The number of nitrogens with zero attached hydrogens (tertiary/aromatic N) is 3. The van der Waals surface area contributed by atoms with Crippen LogP contribution in [-0.2, 0) is 35.1 Å². The quantitative estimate of drug-likeness (QED) is 0.192. The normalized spacial score (nSPS) is 22.6. The Labute approximate surface area is 324 Å². The molecule has 1 aromatic carbocycles. The van der Waals surface area contributed by atoms with E-state index in [2.05, 4.69) is 20.9 Å². The fraction of sp³-hybridized carbons (Fsp3) is 0.675. The lowest BCUT2D eigenvalue weighted by Gasteiger charge is -2.41. The Bertz CT molecular complexity index is 1510. The first kappa shape index (κ1) is 43.3. The van der Waals surface area contributed by atoms with Crippen LogP contribution in [0.3, 0.4) is 0 Å². The average Bonchev–Trinajstić information content (AvgIpc) is 3.97. The van der Waals surface area contributed by atoms with Gasteiger partial charge in [-0.05, 0) is 43.2 Å². The molecule has 4 rings (SSSR count). The van der Waals surface area contributed by atoms with Gasteiger partial charge in [-0.3, -0.25) is 19.2 Å². The third-order valence-corrected chi connectivity index (χ3v) is 12.2. The molecule has 2 fully saturated rings. The lowest BCUT2D eigenvalue weighted by molar-refractivity contribution is -0.148. The van der Waals surface area contributed by atoms with Crippen LogP contribution in [0.2, 0.25) is 0 Å². The molecule has 12 nitrogen and oxygen atoms in total. The van der Waals surface area contributed by atoms with Gasteiger partial charge in [0.15, 0.2) is 0 Å². The molecule has 1 unspecified atom stereocenters. The molecule has 0 saturated carbocycles. The Morgan fingerprint density at radius 3 is 2.41 bits per heavy atom. The summed E-state index contributed by atoms with van der Waals surface area (Å²) in [5.41, 5.74) is -0.990. The Balaban J connectivity index is 1.47. The van der Waals surface area contributed by atoms with E-state index in [-0.39, 0.29) is 61.0 Å². The van der Waals surface area contributed by atoms with Crippen molar-refractivity contribution in [2.24, 2.45) is 17.8 Å². The number of nitrogens with one attached hydrogen (secondary N) is 3. The van der Waals surface area contributed by atoms with Crippen LogP contribution in [0.25, 0.3) is 0 Å². The maximum atomic E-state index is 15.3. The van der Waals surface area contributed by atoms with Gasteiger partial charge in [-0.15, -0.1) is 11.3 Å². The van der Waals surface area contributed by atoms with Gasteiger partial charge >= 0.3 is 0 Å². The zero-order chi connectivity index (χ0) is 39.6. The number of hydrogen-bond donors (Lipinski definition) is 3. The third-order valence-electron chi connectivity index (χ3n) is 11.3. The fourth-order valence-corrected chi connectivity index (χ4v) is 8.61. The van der Waals surface area contributed by atoms with E-state index in [1.54, 1.807) is 30.2 Å². The molecule has 3 heterocycles. The maximum absolute atomic E-state index is 15.3. The molecule has 2 aliphatic rings. The smallest absolute Gasteiger partial charge is 0.259 e. The number of hydrogen-bond acceptors (Lipinski definition) is 9. The van der Waals surface area contributed by atoms with E-state index in [1.807, 2.05) is 70.3 Å². The zero-order valence-electron chi connectivity index (χ0n) is 33.2. The minimum Gasteiger partial charge on any atom is -0.379 e. The van der Waals surface area contributed by atoms with Crippen molar-refractivity contribution in [3.8, 4) is 0 Å². The van der Waals surface area contributed by atoms with Gasteiger partial charge in [0, 0.05) is 52.4 Å². The molecular weight excluding hydrogens is 712 g/mol. The van der Waals surface area contributed by atoms with Crippen LogP contribution in [-0.4, -0.2) is 115 Å². The lowest BCUT2D eigenvalue weighted by Crippen LogP contribution is -2.59. The molecule has 0 radical (unpaired) electrons. The summed E-state index contributed by atoms with van der Waals surface area (Å²) in [6, 6.07) is 7.82. The van der Waals surface area contributed by atoms with Gasteiger partial charge in [-0.25, -0.2) is 9.37 Å². The van der Waals surface area contributed by atoms with E-state index in [9.17, 15) is 19.2 Å².